The highest BCUT2D eigenvalue weighted by Crippen LogP contribution is 2.35. The van der Waals surface area contributed by atoms with Crippen LogP contribution in [0, 0.1) is 10.1 Å². The predicted octanol–water partition coefficient (Wildman–Crippen LogP) is 2.61. The van der Waals surface area contributed by atoms with Gasteiger partial charge in [0.25, 0.3) is 5.69 Å². The van der Waals surface area contributed by atoms with Gasteiger partial charge in [-0.2, -0.15) is 0 Å². The second-order valence-corrected chi connectivity index (χ2v) is 3.58. The third-order valence-electron chi connectivity index (χ3n) is 1.86. The van der Waals surface area contributed by atoms with E-state index in [9.17, 15) is 14.9 Å². The Bertz CT molecular complexity index is 462. The summed E-state index contributed by atoms with van der Waals surface area (Å²) >= 11 is 5.87. The van der Waals surface area contributed by atoms with Gasteiger partial charge in [0, 0.05) is 6.92 Å². The number of carbonyl (C=O) groups excluding carboxylic acids is 1. The van der Waals surface area contributed by atoms with E-state index in [-0.39, 0.29) is 22.1 Å². The van der Waals surface area contributed by atoms with Crippen LogP contribution in [0.25, 0.3) is 0 Å². The number of nitro groups is 1. The number of nitro benzene ring substituents is 1. The van der Waals surface area contributed by atoms with Gasteiger partial charge in [0.15, 0.2) is 0 Å². The molecule has 0 heterocycles. The molecule has 1 aromatic carbocycles. The Morgan fingerprint density at radius 3 is 2.71 bits per heavy atom. The van der Waals surface area contributed by atoms with Crippen LogP contribution in [-0.4, -0.2) is 17.4 Å². The Balaban J connectivity index is 3.25. The topological polar surface area (TPSA) is 81.5 Å². The summed E-state index contributed by atoms with van der Waals surface area (Å²) in [6, 6.07) is 2.49. The minimum Gasteiger partial charge on any atom is -0.492 e. The number of nitrogens with one attached hydrogen (secondary N) is 1. The second kappa shape index (κ2) is 5.49. The summed E-state index contributed by atoms with van der Waals surface area (Å²) in [6.07, 6.45) is 0. The zero-order valence-electron chi connectivity index (χ0n) is 9.32. The number of anilines is 1. The fourth-order valence-electron chi connectivity index (χ4n) is 1.25. The molecule has 7 heteroatoms. The quantitative estimate of drug-likeness (QED) is 0.665. The molecule has 0 aliphatic heterocycles. The molecule has 0 aliphatic carbocycles. The molecule has 92 valence electrons. The van der Waals surface area contributed by atoms with Crippen molar-refractivity contribution >= 4 is 28.9 Å². The minimum absolute atomic E-state index is 0.0518. The van der Waals surface area contributed by atoms with Crippen LogP contribution in [0.1, 0.15) is 13.8 Å². The number of ether oxygens (including phenoxy) is 1. The summed E-state index contributed by atoms with van der Waals surface area (Å²) in [5, 5.41) is 13.4. The van der Waals surface area contributed by atoms with E-state index in [4.69, 9.17) is 16.3 Å². The predicted molar refractivity (Wildman–Crippen MR) is 63.6 cm³/mol. The lowest BCUT2D eigenvalue weighted by atomic mass is 10.2. The zero-order chi connectivity index (χ0) is 13.0. The molecule has 1 amide bonds. The summed E-state index contributed by atoms with van der Waals surface area (Å²) in [5.41, 5.74) is -0.205. The number of hydrogen-bond acceptors (Lipinski definition) is 4. The van der Waals surface area contributed by atoms with Crippen LogP contribution >= 0.6 is 11.6 Å². The Hall–Kier alpha value is -1.82. The van der Waals surface area contributed by atoms with E-state index in [2.05, 4.69) is 5.32 Å². The van der Waals surface area contributed by atoms with Crippen molar-refractivity contribution in [2.75, 3.05) is 11.9 Å². The summed E-state index contributed by atoms with van der Waals surface area (Å²) < 4.78 is 5.14. The van der Waals surface area contributed by atoms with Crippen LogP contribution in [0.4, 0.5) is 11.4 Å². The Morgan fingerprint density at radius 2 is 2.24 bits per heavy atom. The maximum absolute atomic E-state index is 10.9. The molecule has 0 aliphatic rings. The lowest BCUT2D eigenvalue weighted by Gasteiger charge is -2.09. The van der Waals surface area contributed by atoms with Gasteiger partial charge in [-0.25, -0.2) is 0 Å². The molecule has 17 heavy (non-hydrogen) atoms. The van der Waals surface area contributed by atoms with Gasteiger partial charge < -0.3 is 10.1 Å². The van der Waals surface area contributed by atoms with Gasteiger partial charge >= 0.3 is 0 Å². The molecule has 1 aromatic rings. The zero-order valence-corrected chi connectivity index (χ0v) is 10.1. The standard InChI is InChI=1S/C10H11ClN2O4/c1-3-17-10-5-9(13(15)16)8(4-7(10)11)12-6(2)14/h4-5H,3H2,1-2H3,(H,12,14). The van der Waals surface area contributed by atoms with Crippen molar-refractivity contribution in [3.05, 3.63) is 27.3 Å². The van der Waals surface area contributed by atoms with Gasteiger partial charge in [-0.1, -0.05) is 11.6 Å². The van der Waals surface area contributed by atoms with E-state index in [1.165, 1.54) is 19.1 Å². The van der Waals surface area contributed by atoms with Crippen molar-refractivity contribution in [1.82, 2.24) is 0 Å². The van der Waals surface area contributed by atoms with E-state index in [0.29, 0.717) is 6.61 Å². The number of amides is 1. The van der Waals surface area contributed by atoms with Crippen molar-refractivity contribution in [3.8, 4) is 5.75 Å². The van der Waals surface area contributed by atoms with Gasteiger partial charge in [-0.15, -0.1) is 0 Å². The van der Waals surface area contributed by atoms with Crippen molar-refractivity contribution in [2.45, 2.75) is 13.8 Å². The van der Waals surface area contributed by atoms with Crippen LogP contribution in [0.3, 0.4) is 0 Å². The highest BCUT2D eigenvalue weighted by molar-refractivity contribution is 6.32. The fraction of sp³-hybridized carbons (Fsp3) is 0.300. The average molecular weight is 259 g/mol. The number of benzene rings is 1. The Labute approximate surface area is 103 Å². The van der Waals surface area contributed by atoms with Gasteiger partial charge in [0.1, 0.15) is 11.4 Å². The lowest BCUT2D eigenvalue weighted by Crippen LogP contribution is -2.08. The van der Waals surface area contributed by atoms with Crippen molar-refractivity contribution in [3.63, 3.8) is 0 Å². The van der Waals surface area contributed by atoms with E-state index < -0.39 is 10.8 Å². The smallest absolute Gasteiger partial charge is 0.296 e. The number of carbonyl (C=O) groups is 1. The van der Waals surface area contributed by atoms with Gasteiger partial charge in [0.2, 0.25) is 5.91 Å². The van der Waals surface area contributed by atoms with Crippen LogP contribution in [0.2, 0.25) is 5.02 Å². The monoisotopic (exact) mass is 258 g/mol. The van der Waals surface area contributed by atoms with E-state index in [1.54, 1.807) is 6.92 Å². The molecule has 0 atom stereocenters. The van der Waals surface area contributed by atoms with E-state index >= 15 is 0 Å². The van der Waals surface area contributed by atoms with Gasteiger partial charge in [0.05, 0.1) is 22.6 Å². The molecule has 1 rings (SSSR count). The van der Waals surface area contributed by atoms with Crippen molar-refractivity contribution in [1.29, 1.82) is 0 Å². The number of halogens is 1. The molecular weight excluding hydrogens is 248 g/mol. The second-order valence-electron chi connectivity index (χ2n) is 3.17. The maximum atomic E-state index is 10.9. The molecule has 6 nitrogen and oxygen atoms in total. The first-order valence-electron chi connectivity index (χ1n) is 4.84. The van der Waals surface area contributed by atoms with Crippen LogP contribution in [0.5, 0.6) is 5.75 Å². The summed E-state index contributed by atoms with van der Waals surface area (Å²) in [5.74, 6) is -0.191. The minimum atomic E-state index is -0.607. The molecule has 0 bridgehead atoms. The third kappa shape index (κ3) is 3.32. The maximum Gasteiger partial charge on any atom is 0.296 e. The SMILES string of the molecule is CCOc1cc([N+](=O)[O-])c(NC(C)=O)cc1Cl. The highest BCUT2D eigenvalue weighted by atomic mass is 35.5. The number of hydrogen-bond donors (Lipinski definition) is 1. The van der Waals surface area contributed by atoms with Crippen molar-refractivity contribution < 1.29 is 14.5 Å². The molecule has 0 unspecified atom stereocenters. The molecule has 1 N–H and O–H groups in total. The largest absolute Gasteiger partial charge is 0.492 e. The first-order chi connectivity index (χ1) is 7.95. The third-order valence-corrected chi connectivity index (χ3v) is 2.15. The van der Waals surface area contributed by atoms with Crippen molar-refractivity contribution in [2.24, 2.45) is 0 Å². The van der Waals surface area contributed by atoms with Gasteiger partial charge in [-0.3, -0.25) is 14.9 Å². The summed E-state index contributed by atoms with van der Waals surface area (Å²) in [4.78, 5) is 21.1. The van der Waals surface area contributed by atoms with E-state index in [0.717, 1.165) is 0 Å². The normalized spacial score (nSPS) is 9.82. The first kappa shape index (κ1) is 13.2. The molecule has 0 saturated heterocycles. The molecule has 0 radical (unpaired) electrons. The first-order valence-corrected chi connectivity index (χ1v) is 5.21. The molecule has 0 aromatic heterocycles. The highest BCUT2D eigenvalue weighted by Gasteiger charge is 2.19. The molecular formula is C10H11ClN2O4. The number of rotatable bonds is 4. The average Bonchev–Trinajstić information content (AvgIpc) is 2.20. The fourth-order valence-corrected chi connectivity index (χ4v) is 1.47. The van der Waals surface area contributed by atoms with Crippen LogP contribution in [0.15, 0.2) is 12.1 Å². The summed E-state index contributed by atoms with van der Waals surface area (Å²) in [7, 11) is 0. The number of nitrogens with zero attached hydrogens (tertiary/aromatic N) is 1. The summed E-state index contributed by atoms with van der Waals surface area (Å²) in [6.45, 7) is 3.34. The Kier molecular flexibility index (Phi) is 4.28. The lowest BCUT2D eigenvalue weighted by molar-refractivity contribution is -0.384. The Morgan fingerprint density at radius 1 is 1.59 bits per heavy atom. The van der Waals surface area contributed by atoms with Crippen LogP contribution < -0.4 is 10.1 Å². The molecule has 0 saturated carbocycles. The molecule has 0 spiro atoms. The van der Waals surface area contributed by atoms with Gasteiger partial charge in [-0.05, 0) is 13.0 Å². The van der Waals surface area contributed by atoms with Crippen LogP contribution in [-0.2, 0) is 4.79 Å². The van der Waals surface area contributed by atoms with E-state index in [1.807, 2.05) is 0 Å². The molecule has 0 fully saturated rings.